The van der Waals surface area contributed by atoms with Gasteiger partial charge in [0.2, 0.25) is 0 Å². The fourth-order valence-corrected chi connectivity index (χ4v) is 2.22. The van der Waals surface area contributed by atoms with Crippen molar-refractivity contribution in [3.63, 3.8) is 0 Å². The molecule has 0 aliphatic heterocycles. The van der Waals surface area contributed by atoms with Gasteiger partial charge in [-0.05, 0) is 52.7 Å². The van der Waals surface area contributed by atoms with Crippen molar-refractivity contribution in [1.29, 1.82) is 0 Å². The number of pyridine rings is 1. The molecule has 0 aliphatic carbocycles. The van der Waals surface area contributed by atoms with Crippen LogP contribution in [0, 0.1) is 6.92 Å². The van der Waals surface area contributed by atoms with Gasteiger partial charge in [-0.2, -0.15) is 0 Å². The number of amides is 1. The van der Waals surface area contributed by atoms with Crippen LogP contribution in [-0.2, 0) is 0 Å². The first-order valence-corrected chi connectivity index (χ1v) is 6.61. The van der Waals surface area contributed by atoms with E-state index in [9.17, 15) is 4.79 Å². The number of nitrogens with one attached hydrogen (secondary N) is 2. The van der Waals surface area contributed by atoms with Gasteiger partial charge >= 0.3 is 0 Å². The first-order chi connectivity index (χ1) is 9.10. The Bertz CT molecular complexity index is 613. The lowest BCUT2D eigenvalue weighted by atomic mass is 10.2. The Morgan fingerprint density at radius 3 is 2.74 bits per heavy atom. The van der Waals surface area contributed by atoms with Crippen LogP contribution in [0.2, 0.25) is 0 Å². The molecule has 2 N–H and O–H groups in total. The number of anilines is 2. The average Bonchev–Trinajstić information content (AvgIpc) is 2.42. The zero-order chi connectivity index (χ0) is 13.8. The van der Waals surface area contributed by atoms with E-state index >= 15 is 0 Å². The summed E-state index contributed by atoms with van der Waals surface area (Å²) in [4.78, 5) is 16.2. The number of aromatic nitrogens is 1. The molecule has 5 heteroatoms. The Labute approximate surface area is 120 Å². The third-order valence-electron chi connectivity index (χ3n) is 2.65. The summed E-state index contributed by atoms with van der Waals surface area (Å²) in [6.07, 6.45) is 1.60. The molecule has 0 atom stereocenters. The summed E-state index contributed by atoms with van der Waals surface area (Å²) >= 11 is 3.44. The van der Waals surface area contributed by atoms with Gasteiger partial charge in [0.25, 0.3) is 5.91 Å². The van der Waals surface area contributed by atoms with Gasteiger partial charge in [-0.25, -0.2) is 4.98 Å². The lowest BCUT2D eigenvalue weighted by Gasteiger charge is -2.08. The van der Waals surface area contributed by atoms with Crippen LogP contribution in [0.3, 0.4) is 0 Å². The van der Waals surface area contributed by atoms with E-state index in [0.717, 1.165) is 15.7 Å². The van der Waals surface area contributed by atoms with E-state index in [1.54, 1.807) is 25.4 Å². The van der Waals surface area contributed by atoms with E-state index in [-0.39, 0.29) is 5.91 Å². The van der Waals surface area contributed by atoms with E-state index in [1.807, 2.05) is 25.1 Å². The predicted molar refractivity (Wildman–Crippen MR) is 80.6 cm³/mol. The van der Waals surface area contributed by atoms with Crippen molar-refractivity contribution in [3.05, 3.63) is 52.1 Å². The number of hydrogen-bond donors (Lipinski definition) is 2. The molecular weight excluding hydrogens is 306 g/mol. The molecule has 0 saturated carbocycles. The summed E-state index contributed by atoms with van der Waals surface area (Å²) in [5.74, 6) is 0.499. The minimum atomic E-state index is -0.163. The quantitative estimate of drug-likeness (QED) is 0.911. The van der Waals surface area contributed by atoms with Gasteiger partial charge in [-0.15, -0.1) is 0 Å². The highest BCUT2D eigenvalue weighted by atomic mass is 79.9. The van der Waals surface area contributed by atoms with E-state index < -0.39 is 0 Å². The summed E-state index contributed by atoms with van der Waals surface area (Å²) in [6.45, 7) is 2.00. The monoisotopic (exact) mass is 319 g/mol. The van der Waals surface area contributed by atoms with Crippen molar-refractivity contribution in [3.8, 4) is 0 Å². The minimum absolute atomic E-state index is 0.163. The number of benzene rings is 1. The molecule has 1 aromatic carbocycles. The first-order valence-electron chi connectivity index (χ1n) is 5.81. The molecule has 2 rings (SSSR count). The Morgan fingerprint density at radius 1 is 1.26 bits per heavy atom. The molecule has 2 aromatic rings. The molecule has 0 aliphatic rings. The van der Waals surface area contributed by atoms with Gasteiger partial charge in [0.15, 0.2) is 0 Å². The number of aryl methyl sites for hydroxylation is 1. The maximum absolute atomic E-state index is 12.1. The summed E-state index contributed by atoms with van der Waals surface area (Å²) in [6, 6.07) is 9.17. The van der Waals surface area contributed by atoms with Crippen molar-refractivity contribution < 1.29 is 4.79 Å². The SMILES string of the molecule is CNc1cc(C(=O)Nc2ccc(C)cc2Br)ccn1. The van der Waals surface area contributed by atoms with Crippen molar-refractivity contribution in [1.82, 2.24) is 4.98 Å². The molecule has 0 saturated heterocycles. The number of carbonyl (C=O) groups excluding carboxylic acids is 1. The lowest BCUT2D eigenvalue weighted by molar-refractivity contribution is 0.102. The molecule has 0 spiro atoms. The van der Waals surface area contributed by atoms with Crippen LogP contribution in [0.25, 0.3) is 0 Å². The van der Waals surface area contributed by atoms with E-state index in [0.29, 0.717) is 11.4 Å². The van der Waals surface area contributed by atoms with Gasteiger partial charge < -0.3 is 10.6 Å². The Balaban J connectivity index is 2.20. The minimum Gasteiger partial charge on any atom is -0.373 e. The Morgan fingerprint density at radius 2 is 2.05 bits per heavy atom. The zero-order valence-corrected chi connectivity index (χ0v) is 12.3. The van der Waals surface area contributed by atoms with E-state index in [4.69, 9.17) is 0 Å². The average molecular weight is 320 g/mol. The van der Waals surface area contributed by atoms with Crippen LogP contribution < -0.4 is 10.6 Å². The fraction of sp³-hybridized carbons (Fsp3) is 0.143. The smallest absolute Gasteiger partial charge is 0.255 e. The molecule has 0 bridgehead atoms. The Hall–Kier alpha value is -1.88. The van der Waals surface area contributed by atoms with E-state index in [2.05, 4.69) is 31.5 Å². The second-order valence-electron chi connectivity index (χ2n) is 4.12. The summed E-state index contributed by atoms with van der Waals surface area (Å²) in [7, 11) is 1.76. The number of carbonyl (C=O) groups is 1. The molecule has 4 nitrogen and oxygen atoms in total. The van der Waals surface area contributed by atoms with Crippen molar-refractivity contribution in [2.75, 3.05) is 17.7 Å². The maximum Gasteiger partial charge on any atom is 0.255 e. The fourth-order valence-electron chi connectivity index (χ4n) is 1.62. The third-order valence-corrected chi connectivity index (χ3v) is 3.31. The van der Waals surface area contributed by atoms with E-state index in [1.165, 1.54) is 0 Å². The lowest BCUT2D eigenvalue weighted by Crippen LogP contribution is -2.12. The number of halogens is 1. The highest BCUT2D eigenvalue weighted by molar-refractivity contribution is 9.10. The Kier molecular flexibility index (Phi) is 4.16. The molecule has 1 amide bonds. The summed E-state index contributed by atoms with van der Waals surface area (Å²) in [5.41, 5.74) is 2.44. The summed E-state index contributed by atoms with van der Waals surface area (Å²) in [5, 5.41) is 5.77. The molecule has 0 fully saturated rings. The van der Waals surface area contributed by atoms with Crippen LogP contribution in [0.4, 0.5) is 11.5 Å². The van der Waals surface area contributed by atoms with Gasteiger partial charge in [0, 0.05) is 23.3 Å². The van der Waals surface area contributed by atoms with Crippen molar-refractivity contribution >= 4 is 33.3 Å². The van der Waals surface area contributed by atoms with Crippen LogP contribution in [0.1, 0.15) is 15.9 Å². The number of nitrogens with zero attached hydrogens (tertiary/aromatic N) is 1. The highest BCUT2D eigenvalue weighted by Gasteiger charge is 2.09. The second kappa shape index (κ2) is 5.84. The van der Waals surface area contributed by atoms with Crippen molar-refractivity contribution in [2.24, 2.45) is 0 Å². The zero-order valence-electron chi connectivity index (χ0n) is 10.7. The topological polar surface area (TPSA) is 54.0 Å². The van der Waals surface area contributed by atoms with Crippen molar-refractivity contribution in [2.45, 2.75) is 6.92 Å². The summed E-state index contributed by atoms with van der Waals surface area (Å²) < 4.78 is 0.865. The predicted octanol–water partition coefficient (Wildman–Crippen LogP) is 3.45. The van der Waals surface area contributed by atoms with Gasteiger partial charge in [0.1, 0.15) is 5.82 Å². The first kappa shape index (κ1) is 13.5. The standard InChI is InChI=1S/C14H14BrN3O/c1-9-3-4-12(11(15)7-9)18-14(19)10-5-6-17-13(8-10)16-2/h3-8H,1-2H3,(H,16,17)(H,18,19). The normalized spacial score (nSPS) is 10.1. The molecule has 0 unspecified atom stereocenters. The second-order valence-corrected chi connectivity index (χ2v) is 4.97. The van der Waals surface area contributed by atoms with Crippen LogP contribution >= 0.6 is 15.9 Å². The van der Waals surface area contributed by atoms with Gasteiger partial charge in [-0.1, -0.05) is 6.07 Å². The molecule has 1 aromatic heterocycles. The molecule has 1 heterocycles. The molecular formula is C14H14BrN3O. The van der Waals surface area contributed by atoms with Crippen LogP contribution in [0.15, 0.2) is 41.0 Å². The number of rotatable bonds is 3. The molecule has 0 radical (unpaired) electrons. The third kappa shape index (κ3) is 3.32. The van der Waals surface area contributed by atoms with Crippen LogP contribution in [-0.4, -0.2) is 17.9 Å². The largest absolute Gasteiger partial charge is 0.373 e. The van der Waals surface area contributed by atoms with Crippen LogP contribution in [0.5, 0.6) is 0 Å². The number of hydrogen-bond acceptors (Lipinski definition) is 3. The van der Waals surface area contributed by atoms with Gasteiger partial charge in [0.05, 0.1) is 5.69 Å². The maximum atomic E-state index is 12.1. The highest BCUT2D eigenvalue weighted by Crippen LogP contribution is 2.24. The molecule has 98 valence electrons. The molecule has 19 heavy (non-hydrogen) atoms. The van der Waals surface area contributed by atoms with Gasteiger partial charge in [-0.3, -0.25) is 4.79 Å².